The van der Waals surface area contributed by atoms with E-state index in [0.717, 1.165) is 22.3 Å². The maximum absolute atomic E-state index is 12.5. The lowest BCUT2D eigenvalue weighted by atomic mass is 9.77. The Labute approximate surface area is 155 Å². The van der Waals surface area contributed by atoms with Gasteiger partial charge < -0.3 is 19.3 Å². The number of hydrogen-bond acceptors (Lipinski definition) is 4. The van der Waals surface area contributed by atoms with Crippen LogP contribution in [0.2, 0.25) is 0 Å². The molecule has 0 saturated heterocycles. The smallest absolute Gasteiger partial charge is 0.151 e. The van der Waals surface area contributed by atoms with E-state index >= 15 is 0 Å². The van der Waals surface area contributed by atoms with Gasteiger partial charge >= 0.3 is 0 Å². The Morgan fingerprint density at radius 1 is 0.963 bits per heavy atom. The highest BCUT2D eigenvalue weighted by atomic mass is 19.1. The first-order valence-electron chi connectivity index (χ1n) is 8.79. The molecule has 1 N–H and O–H groups in total. The van der Waals surface area contributed by atoms with Crippen LogP contribution in [0.4, 0.5) is 4.39 Å². The first-order chi connectivity index (χ1) is 13.2. The van der Waals surface area contributed by atoms with E-state index in [9.17, 15) is 9.50 Å². The monoisotopic (exact) mass is 364 g/mol. The van der Waals surface area contributed by atoms with Crippen molar-refractivity contribution < 1.29 is 23.7 Å². The molecule has 27 heavy (non-hydrogen) atoms. The molecular weight excluding hydrogens is 347 g/mol. The second-order valence-electron chi connectivity index (χ2n) is 6.60. The highest BCUT2D eigenvalue weighted by Crippen LogP contribution is 2.56. The van der Waals surface area contributed by atoms with Crippen LogP contribution in [0, 0.1) is 0 Å². The summed E-state index contributed by atoms with van der Waals surface area (Å²) < 4.78 is 30.3. The molecule has 0 bridgehead atoms. The predicted molar refractivity (Wildman–Crippen MR) is 97.2 cm³/mol. The zero-order valence-corrected chi connectivity index (χ0v) is 14.4. The third-order valence-corrected chi connectivity index (χ3v) is 5.08. The number of benzene rings is 3. The molecule has 0 aliphatic carbocycles. The van der Waals surface area contributed by atoms with Crippen LogP contribution >= 0.6 is 0 Å². The van der Waals surface area contributed by atoms with Gasteiger partial charge in [-0.3, -0.25) is 0 Å². The quantitative estimate of drug-likeness (QED) is 0.734. The Hall–Kier alpha value is -3.05. The maximum atomic E-state index is 12.5. The Kier molecular flexibility index (Phi) is 3.58. The summed E-state index contributed by atoms with van der Waals surface area (Å²) in [7, 11) is 0. The van der Waals surface area contributed by atoms with Crippen LogP contribution in [-0.2, 0) is 16.9 Å². The van der Waals surface area contributed by atoms with Gasteiger partial charge in [0.05, 0.1) is 6.61 Å². The molecule has 136 valence electrons. The van der Waals surface area contributed by atoms with Crippen LogP contribution in [0.25, 0.3) is 0 Å². The van der Waals surface area contributed by atoms with Crippen molar-refractivity contribution in [2.75, 3.05) is 13.3 Å². The molecule has 3 aromatic rings. The highest BCUT2D eigenvalue weighted by molar-refractivity contribution is 5.65. The number of fused-ring (bicyclic) bond motifs is 6. The summed E-state index contributed by atoms with van der Waals surface area (Å²) in [5.74, 6) is 1.74. The highest BCUT2D eigenvalue weighted by Gasteiger charge is 2.49. The summed E-state index contributed by atoms with van der Waals surface area (Å²) in [4.78, 5) is 0. The number of phenols is 1. The Morgan fingerprint density at radius 2 is 1.74 bits per heavy atom. The summed E-state index contributed by atoms with van der Waals surface area (Å²) in [5.41, 5.74) is 3.06. The SMILES string of the molecule is Oc1ccc2c(c1)Oc1cc(OCCF)ccc1C21OCc2ccccc21. The number of phenolic OH excluding ortho intramolecular Hbond substituents is 1. The van der Waals surface area contributed by atoms with Gasteiger partial charge in [0.1, 0.15) is 36.3 Å². The van der Waals surface area contributed by atoms with Crippen LogP contribution in [0.5, 0.6) is 23.0 Å². The zero-order chi connectivity index (χ0) is 18.4. The Bertz CT molecular complexity index is 1030. The first kappa shape index (κ1) is 16.1. The number of ether oxygens (including phenoxy) is 3. The van der Waals surface area contributed by atoms with Crippen molar-refractivity contribution in [2.24, 2.45) is 0 Å². The van der Waals surface area contributed by atoms with Crippen molar-refractivity contribution in [3.63, 3.8) is 0 Å². The van der Waals surface area contributed by atoms with Crippen LogP contribution < -0.4 is 9.47 Å². The largest absolute Gasteiger partial charge is 0.508 e. The van der Waals surface area contributed by atoms with E-state index in [2.05, 4.69) is 12.1 Å². The van der Waals surface area contributed by atoms with E-state index in [1.54, 1.807) is 24.3 Å². The molecular formula is C22H17FO4. The number of hydrogen-bond donors (Lipinski definition) is 1. The van der Waals surface area contributed by atoms with Gasteiger partial charge in [-0.2, -0.15) is 0 Å². The lowest BCUT2D eigenvalue weighted by Crippen LogP contribution is -2.32. The topological polar surface area (TPSA) is 47.9 Å². The van der Waals surface area contributed by atoms with E-state index in [0.29, 0.717) is 23.9 Å². The van der Waals surface area contributed by atoms with Crippen molar-refractivity contribution in [2.45, 2.75) is 12.2 Å². The molecule has 5 heteroatoms. The Morgan fingerprint density at radius 3 is 2.59 bits per heavy atom. The first-order valence-corrected chi connectivity index (χ1v) is 8.79. The fourth-order valence-electron chi connectivity index (χ4n) is 3.97. The average molecular weight is 364 g/mol. The average Bonchev–Trinajstić information content (AvgIpc) is 3.06. The van der Waals surface area contributed by atoms with Gasteiger partial charge in [0.25, 0.3) is 0 Å². The van der Waals surface area contributed by atoms with Crippen molar-refractivity contribution in [3.8, 4) is 23.0 Å². The molecule has 0 saturated carbocycles. The minimum absolute atomic E-state index is 0.0133. The molecule has 0 amide bonds. The standard InChI is InChI=1S/C22H17FO4/c23-9-10-25-16-6-8-19-21(12-16)27-20-11-15(24)5-7-18(20)22(19)17-4-2-1-3-14(17)13-26-22/h1-8,11-12,24H,9-10,13H2. The molecule has 2 aliphatic heterocycles. The van der Waals surface area contributed by atoms with Crippen LogP contribution in [0.1, 0.15) is 22.3 Å². The van der Waals surface area contributed by atoms with E-state index in [1.165, 1.54) is 0 Å². The van der Waals surface area contributed by atoms with Crippen molar-refractivity contribution in [1.82, 2.24) is 0 Å². The second kappa shape index (κ2) is 5.99. The van der Waals surface area contributed by atoms with Gasteiger partial charge in [-0.1, -0.05) is 24.3 Å². The third kappa shape index (κ3) is 2.32. The van der Waals surface area contributed by atoms with Crippen molar-refractivity contribution in [3.05, 3.63) is 82.9 Å². The molecule has 0 aromatic heterocycles. The Balaban J connectivity index is 1.75. The molecule has 2 heterocycles. The summed E-state index contributed by atoms with van der Waals surface area (Å²) in [5, 5.41) is 9.95. The normalized spacial score (nSPS) is 19.1. The second-order valence-corrected chi connectivity index (χ2v) is 6.60. The fourth-order valence-corrected chi connectivity index (χ4v) is 3.97. The lowest BCUT2D eigenvalue weighted by Gasteiger charge is -2.37. The number of halogens is 1. The molecule has 2 aliphatic rings. The van der Waals surface area contributed by atoms with Crippen LogP contribution in [0.3, 0.4) is 0 Å². The lowest BCUT2D eigenvalue weighted by molar-refractivity contribution is 0.0198. The molecule has 0 radical (unpaired) electrons. The molecule has 1 spiro atoms. The van der Waals surface area contributed by atoms with Gasteiger partial charge in [0, 0.05) is 23.3 Å². The van der Waals surface area contributed by atoms with Gasteiger partial charge in [0.15, 0.2) is 5.60 Å². The summed E-state index contributed by atoms with van der Waals surface area (Å²) in [6.07, 6.45) is 0. The molecule has 1 atom stereocenters. The number of aromatic hydroxyl groups is 1. The fraction of sp³-hybridized carbons (Fsp3) is 0.182. The summed E-state index contributed by atoms with van der Waals surface area (Å²) >= 11 is 0. The predicted octanol–water partition coefficient (Wildman–Crippen LogP) is 4.67. The van der Waals surface area contributed by atoms with E-state index in [-0.39, 0.29) is 12.4 Å². The molecule has 3 aromatic carbocycles. The van der Waals surface area contributed by atoms with Crippen LogP contribution in [0.15, 0.2) is 60.7 Å². The molecule has 5 rings (SSSR count). The number of rotatable bonds is 3. The minimum atomic E-state index is -0.814. The molecule has 0 fully saturated rings. The maximum Gasteiger partial charge on any atom is 0.151 e. The third-order valence-electron chi connectivity index (χ3n) is 5.08. The summed E-state index contributed by atoms with van der Waals surface area (Å²) in [6, 6.07) is 18.6. The zero-order valence-electron chi connectivity index (χ0n) is 14.4. The van der Waals surface area contributed by atoms with Gasteiger partial charge in [-0.15, -0.1) is 0 Å². The van der Waals surface area contributed by atoms with Gasteiger partial charge in [0.2, 0.25) is 0 Å². The summed E-state index contributed by atoms with van der Waals surface area (Å²) in [6.45, 7) is -0.0915. The van der Waals surface area contributed by atoms with Crippen molar-refractivity contribution >= 4 is 0 Å². The van der Waals surface area contributed by atoms with E-state index < -0.39 is 12.3 Å². The van der Waals surface area contributed by atoms with Crippen LogP contribution in [-0.4, -0.2) is 18.4 Å². The molecule has 4 nitrogen and oxygen atoms in total. The number of alkyl halides is 1. The molecule has 1 unspecified atom stereocenters. The van der Waals surface area contributed by atoms with Crippen molar-refractivity contribution in [1.29, 1.82) is 0 Å². The van der Waals surface area contributed by atoms with E-state index in [1.807, 2.05) is 24.3 Å². The van der Waals surface area contributed by atoms with E-state index in [4.69, 9.17) is 14.2 Å². The van der Waals surface area contributed by atoms with Gasteiger partial charge in [-0.05, 0) is 35.4 Å². The minimum Gasteiger partial charge on any atom is -0.508 e. The van der Waals surface area contributed by atoms with Gasteiger partial charge in [-0.25, -0.2) is 4.39 Å².